The van der Waals surface area contributed by atoms with Crippen molar-refractivity contribution >= 4 is 0 Å². The van der Waals surface area contributed by atoms with Gasteiger partial charge in [-0.25, -0.2) is 0 Å². The van der Waals surface area contributed by atoms with Gasteiger partial charge in [-0.2, -0.15) is 0 Å². The molecule has 0 saturated heterocycles. The molecule has 1 fully saturated rings. The number of benzene rings is 1. The van der Waals surface area contributed by atoms with E-state index in [9.17, 15) is 5.11 Å². The van der Waals surface area contributed by atoms with Crippen LogP contribution in [-0.4, -0.2) is 18.3 Å². The Morgan fingerprint density at radius 2 is 2.06 bits per heavy atom. The van der Waals surface area contributed by atoms with Crippen molar-refractivity contribution < 1.29 is 9.84 Å². The lowest BCUT2D eigenvalue weighted by molar-refractivity contribution is 0.0934. The molecule has 0 spiro atoms. The maximum Gasteiger partial charge on any atom is 0.115 e. The van der Waals surface area contributed by atoms with Crippen LogP contribution in [0.2, 0.25) is 0 Å². The van der Waals surface area contributed by atoms with E-state index < -0.39 is 0 Å². The first kappa shape index (κ1) is 11.5. The van der Waals surface area contributed by atoms with Gasteiger partial charge in [-0.3, -0.25) is 0 Å². The highest BCUT2D eigenvalue weighted by Crippen LogP contribution is 2.42. The van der Waals surface area contributed by atoms with Gasteiger partial charge in [0.25, 0.3) is 0 Å². The maximum absolute atomic E-state index is 9.57. The van der Waals surface area contributed by atoms with E-state index in [1.807, 2.05) is 19.1 Å². The van der Waals surface area contributed by atoms with Gasteiger partial charge in [0.15, 0.2) is 0 Å². The van der Waals surface area contributed by atoms with Gasteiger partial charge in [-0.05, 0) is 37.5 Å². The van der Waals surface area contributed by atoms with Gasteiger partial charge in [0, 0.05) is 12.0 Å². The maximum atomic E-state index is 9.57. The highest BCUT2D eigenvalue weighted by molar-refractivity contribution is 5.34. The first-order valence-corrected chi connectivity index (χ1v) is 6.14. The number of aromatic hydroxyl groups is 1. The molecule has 1 aliphatic rings. The molecule has 0 heterocycles. The molecule has 0 bridgehead atoms. The molecule has 2 nitrogen and oxygen atoms in total. The number of hydrogen-bond donors (Lipinski definition) is 1. The zero-order valence-corrected chi connectivity index (χ0v) is 9.91. The van der Waals surface area contributed by atoms with Gasteiger partial charge in [-0.15, -0.1) is 0 Å². The predicted molar refractivity (Wildman–Crippen MR) is 64.7 cm³/mol. The minimum atomic E-state index is 0.148. The first-order chi connectivity index (χ1) is 7.77. The molecular formula is C14H20O2. The lowest BCUT2D eigenvalue weighted by atomic mass is 9.79. The summed E-state index contributed by atoms with van der Waals surface area (Å²) in [7, 11) is 0. The summed E-state index contributed by atoms with van der Waals surface area (Å²) in [5.41, 5.74) is 1.38. The van der Waals surface area contributed by atoms with Gasteiger partial charge in [0.2, 0.25) is 0 Å². The van der Waals surface area contributed by atoms with Crippen molar-refractivity contribution in [1.29, 1.82) is 0 Å². The van der Waals surface area contributed by atoms with Crippen LogP contribution in [0.1, 0.15) is 38.2 Å². The van der Waals surface area contributed by atoms with E-state index in [0.29, 0.717) is 5.75 Å². The third-order valence-corrected chi connectivity index (χ3v) is 3.60. The van der Waals surface area contributed by atoms with Gasteiger partial charge >= 0.3 is 0 Å². The fourth-order valence-electron chi connectivity index (χ4n) is 2.70. The van der Waals surface area contributed by atoms with E-state index in [2.05, 4.69) is 6.07 Å². The van der Waals surface area contributed by atoms with Crippen LogP contribution in [-0.2, 0) is 10.2 Å². The number of ether oxygens (including phenoxy) is 1. The minimum absolute atomic E-state index is 0.148. The fraction of sp³-hybridized carbons (Fsp3) is 0.571. The predicted octanol–water partition coefficient (Wildman–Crippen LogP) is 3.24. The molecule has 0 aliphatic heterocycles. The summed E-state index contributed by atoms with van der Waals surface area (Å²) in [4.78, 5) is 0. The molecule has 1 aromatic rings. The van der Waals surface area contributed by atoms with Crippen molar-refractivity contribution in [2.75, 3.05) is 13.2 Å². The molecular weight excluding hydrogens is 200 g/mol. The van der Waals surface area contributed by atoms with Gasteiger partial charge in [-0.1, -0.05) is 25.0 Å². The zero-order valence-electron chi connectivity index (χ0n) is 9.91. The van der Waals surface area contributed by atoms with E-state index in [-0.39, 0.29) is 5.41 Å². The third-order valence-electron chi connectivity index (χ3n) is 3.60. The van der Waals surface area contributed by atoms with Gasteiger partial charge in [0.05, 0.1) is 6.61 Å². The van der Waals surface area contributed by atoms with Gasteiger partial charge in [0.1, 0.15) is 5.75 Å². The first-order valence-electron chi connectivity index (χ1n) is 6.14. The van der Waals surface area contributed by atoms with Crippen molar-refractivity contribution in [2.24, 2.45) is 0 Å². The Hall–Kier alpha value is -1.02. The average molecular weight is 220 g/mol. The summed E-state index contributed by atoms with van der Waals surface area (Å²) in [6.07, 6.45) is 4.89. The molecule has 0 atom stereocenters. The summed E-state index contributed by atoms with van der Waals surface area (Å²) in [6, 6.07) is 7.66. The number of phenols is 1. The van der Waals surface area contributed by atoms with E-state index in [1.54, 1.807) is 6.07 Å². The average Bonchev–Trinajstić information content (AvgIpc) is 2.76. The molecule has 2 heteroatoms. The van der Waals surface area contributed by atoms with Crippen molar-refractivity contribution in [3.63, 3.8) is 0 Å². The molecule has 0 amide bonds. The highest BCUT2D eigenvalue weighted by atomic mass is 16.5. The largest absolute Gasteiger partial charge is 0.508 e. The SMILES string of the molecule is CCOCC1(c2cccc(O)c2)CCCC1. The molecule has 0 radical (unpaired) electrons. The summed E-state index contributed by atoms with van der Waals surface area (Å²) in [5.74, 6) is 0.361. The summed E-state index contributed by atoms with van der Waals surface area (Å²) in [6.45, 7) is 3.58. The van der Waals surface area contributed by atoms with Crippen LogP contribution in [0.15, 0.2) is 24.3 Å². The topological polar surface area (TPSA) is 29.5 Å². The van der Waals surface area contributed by atoms with Crippen LogP contribution < -0.4 is 0 Å². The van der Waals surface area contributed by atoms with E-state index in [0.717, 1.165) is 13.2 Å². The Morgan fingerprint density at radius 1 is 1.31 bits per heavy atom. The lowest BCUT2D eigenvalue weighted by Gasteiger charge is -2.29. The van der Waals surface area contributed by atoms with E-state index in [4.69, 9.17) is 4.74 Å². The summed E-state index contributed by atoms with van der Waals surface area (Å²) < 4.78 is 5.63. The zero-order chi connectivity index (χ0) is 11.4. The second kappa shape index (κ2) is 4.88. The van der Waals surface area contributed by atoms with Crippen LogP contribution in [0.4, 0.5) is 0 Å². The number of hydrogen-bond acceptors (Lipinski definition) is 2. The molecule has 2 rings (SSSR count). The molecule has 1 N–H and O–H groups in total. The Labute approximate surface area is 97.3 Å². The van der Waals surface area contributed by atoms with Gasteiger partial charge < -0.3 is 9.84 Å². The standard InChI is InChI=1S/C14H20O2/c1-2-16-11-14(8-3-4-9-14)12-6-5-7-13(15)10-12/h5-7,10,15H,2-4,8-9,11H2,1H3. The molecule has 1 saturated carbocycles. The van der Waals surface area contributed by atoms with E-state index >= 15 is 0 Å². The van der Waals surface area contributed by atoms with E-state index in [1.165, 1.54) is 31.2 Å². The number of rotatable bonds is 4. The second-order valence-electron chi connectivity index (χ2n) is 4.67. The molecule has 0 unspecified atom stereocenters. The highest BCUT2D eigenvalue weighted by Gasteiger charge is 2.35. The second-order valence-corrected chi connectivity index (χ2v) is 4.67. The Bertz CT molecular complexity index is 340. The van der Waals surface area contributed by atoms with Crippen LogP contribution in [0.25, 0.3) is 0 Å². The lowest BCUT2D eigenvalue weighted by Crippen LogP contribution is -2.28. The Kier molecular flexibility index (Phi) is 3.49. The van der Waals surface area contributed by atoms with Crippen LogP contribution >= 0.6 is 0 Å². The fourth-order valence-corrected chi connectivity index (χ4v) is 2.70. The van der Waals surface area contributed by atoms with Crippen molar-refractivity contribution in [3.05, 3.63) is 29.8 Å². The van der Waals surface area contributed by atoms with Crippen molar-refractivity contribution in [2.45, 2.75) is 38.0 Å². The molecule has 1 aromatic carbocycles. The number of phenolic OH excluding ortho intramolecular Hbond substituents is 1. The van der Waals surface area contributed by atoms with Crippen molar-refractivity contribution in [1.82, 2.24) is 0 Å². The Morgan fingerprint density at radius 3 is 2.69 bits per heavy atom. The normalized spacial score (nSPS) is 18.8. The quantitative estimate of drug-likeness (QED) is 0.844. The molecule has 0 aromatic heterocycles. The van der Waals surface area contributed by atoms with Crippen LogP contribution in [0.5, 0.6) is 5.75 Å². The third kappa shape index (κ3) is 2.22. The minimum Gasteiger partial charge on any atom is -0.508 e. The van der Waals surface area contributed by atoms with Crippen molar-refractivity contribution in [3.8, 4) is 5.75 Å². The monoisotopic (exact) mass is 220 g/mol. The van der Waals surface area contributed by atoms with Crippen LogP contribution in [0.3, 0.4) is 0 Å². The molecule has 16 heavy (non-hydrogen) atoms. The summed E-state index contributed by atoms with van der Waals surface area (Å²) >= 11 is 0. The molecule has 88 valence electrons. The Balaban J connectivity index is 2.24. The van der Waals surface area contributed by atoms with Crippen LogP contribution in [0, 0.1) is 0 Å². The summed E-state index contributed by atoms with van der Waals surface area (Å²) in [5, 5.41) is 9.57. The smallest absolute Gasteiger partial charge is 0.115 e. The molecule has 1 aliphatic carbocycles.